The Bertz CT molecular complexity index is 638. The molecular formula is C14H14N2O3S. The molecule has 0 aliphatic rings. The van der Waals surface area contributed by atoms with Crippen LogP contribution >= 0.6 is 11.3 Å². The highest BCUT2D eigenvalue weighted by Gasteiger charge is 2.19. The van der Waals surface area contributed by atoms with Gasteiger partial charge in [-0.15, -0.1) is 11.3 Å². The van der Waals surface area contributed by atoms with E-state index in [9.17, 15) is 9.59 Å². The van der Waals surface area contributed by atoms with Crippen molar-refractivity contribution in [1.29, 1.82) is 0 Å². The van der Waals surface area contributed by atoms with E-state index < -0.39 is 17.9 Å². The zero-order valence-electron chi connectivity index (χ0n) is 10.8. The van der Waals surface area contributed by atoms with Gasteiger partial charge in [0.25, 0.3) is 0 Å². The summed E-state index contributed by atoms with van der Waals surface area (Å²) in [5.41, 5.74) is 6.95. The molecule has 0 bridgehead atoms. The Hall–Kier alpha value is -2.18. The minimum Gasteiger partial charge on any atom is -0.478 e. The highest BCUT2D eigenvalue weighted by molar-refractivity contribution is 7.10. The van der Waals surface area contributed by atoms with Crippen LogP contribution in [0.15, 0.2) is 35.7 Å². The molecule has 104 valence electrons. The van der Waals surface area contributed by atoms with E-state index in [1.54, 1.807) is 25.1 Å². The molecule has 0 radical (unpaired) electrons. The van der Waals surface area contributed by atoms with Crippen LogP contribution in [0.25, 0.3) is 0 Å². The Morgan fingerprint density at radius 3 is 2.70 bits per heavy atom. The lowest BCUT2D eigenvalue weighted by Crippen LogP contribution is -2.27. The van der Waals surface area contributed by atoms with E-state index in [1.807, 2.05) is 11.4 Å². The number of nitrogens with two attached hydrogens (primary N) is 1. The summed E-state index contributed by atoms with van der Waals surface area (Å²) < 4.78 is 0. The second-order valence-corrected chi connectivity index (χ2v) is 5.32. The van der Waals surface area contributed by atoms with Crippen LogP contribution in [0.3, 0.4) is 0 Å². The maximum atomic E-state index is 12.0. The zero-order chi connectivity index (χ0) is 14.7. The molecule has 4 N–H and O–H groups in total. The van der Waals surface area contributed by atoms with Crippen LogP contribution < -0.4 is 11.1 Å². The van der Waals surface area contributed by atoms with Gasteiger partial charge in [-0.1, -0.05) is 17.7 Å². The summed E-state index contributed by atoms with van der Waals surface area (Å²) in [5, 5.41) is 13.5. The molecule has 1 amide bonds. The molecule has 1 aromatic heterocycles. The number of hydrogen-bond donors (Lipinski definition) is 3. The number of hydrogen-bond acceptors (Lipinski definition) is 4. The lowest BCUT2D eigenvalue weighted by atomic mass is 10.1. The predicted molar refractivity (Wildman–Crippen MR) is 78.0 cm³/mol. The third-order valence-electron chi connectivity index (χ3n) is 2.80. The van der Waals surface area contributed by atoms with Crippen molar-refractivity contribution < 1.29 is 14.7 Å². The first kappa shape index (κ1) is 14.2. The number of carboxylic acids is 1. The van der Waals surface area contributed by atoms with Crippen molar-refractivity contribution in [2.45, 2.75) is 13.0 Å². The Labute approximate surface area is 120 Å². The van der Waals surface area contributed by atoms with Crippen LogP contribution in [0.2, 0.25) is 0 Å². The van der Waals surface area contributed by atoms with Gasteiger partial charge in [0, 0.05) is 4.88 Å². The number of aromatic carboxylic acids is 1. The monoisotopic (exact) mass is 290 g/mol. The van der Waals surface area contributed by atoms with Gasteiger partial charge in [0.05, 0.1) is 11.3 Å². The quantitative estimate of drug-likeness (QED) is 0.806. The summed E-state index contributed by atoms with van der Waals surface area (Å²) in [6, 6.07) is 7.58. The van der Waals surface area contributed by atoms with Crippen LogP contribution in [0.5, 0.6) is 0 Å². The molecule has 2 rings (SSSR count). The van der Waals surface area contributed by atoms with Crippen LogP contribution in [0.1, 0.15) is 26.8 Å². The minimum absolute atomic E-state index is 0.0525. The number of carboxylic acid groups (broad SMARTS) is 1. The summed E-state index contributed by atoms with van der Waals surface area (Å²) in [5.74, 6) is -1.52. The van der Waals surface area contributed by atoms with Gasteiger partial charge in [-0.3, -0.25) is 4.79 Å². The molecule has 0 aliphatic carbocycles. The van der Waals surface area contributed by atoms with Crippen molar-refractivity contribution >= 4 is 28.9 Å². The molecule has 20 heavy (non-hydrogen) atoms. The van der Waals surface area contributed by atoms with Gasteiger partial charge >= 0.3 is 5.97 Å². The number of anilines is 1. The fourth-order valence-electron chi connectivity index (χ4n) is 1.75. The van der Waals surface area contributed by atoms with Crippen molar-refractivity contribution in [3.8, 4) is 0 Å². The molecule has 6 heteroatoms. The molecule has 2 aromatic rings. The Kier molecular flexibility index (Phi) is 4.16. The largest absolute Gasteiger partial charge is 0.478 e. The number of amides is 1. The first-order chi connectivity index (χ1) is 9.49. The van der Waals surface area contributed by atoms with Gasteiger partial charge in [0.1, 0.15) is 6.04 Å². The average molecular weight is 290 g/mol. The van der Waals surface area contributed by atoms with Gasteiger partial charge in [0.2, 0.25) is 5.91 Å². The van der Waals surface area contributed by atoms with E-state index in [0.717, 1.165) is 10.4 Å². The third kappa shape index (κ3) is 3.04. The van der Waals surface area contributed by atoms with Gasteiger partial charge < -0.3 is 16.2 Å². The molecule has 0 saturated carbocycles. The van der Waals surface area contributed by atoms with Crippen LogP contribution in [-0.2, 0) is 4.79 Å². The molecule has 5 nitrogen and oxygen atoms in total. The van der Waals surface area contributed by atoms with Gasteiger partial charge in [-0.2, -0.15) is 0 Å². The second kappa shape index (κ2) is 5.85. The van der Waals surface area contributed by atoms with Crippen LogP contribution in [0, 0.1) is 6.92 Å². The molecule has 0 saturated heterocycles. The summed E-state index contributed by atoms with van der Waals surface area (Å²) in [7, 11) is 0. The maximum absolute atomic E-state index is 12.0. The zero-order valence-corrected chi connectivity index (χ0v) is 11.6. The third-order valence-corrected chi connectivity index (χ3v) is 3.75. The standard InChI is InChI=1S/C14H14N2O3S/c1-8-4-5-10(9(7-8)14(18)19)16-13(17)12(15)11-3-2-6-20-11/h2-7,12H,15H2,1H3,(H,16,17)(H,18,19). The summed E-state index contributed by atoms with van der Waals surface area (Å²) in [4.78, 5) is 23.9. The van der Waals surface area contributed by atoms with Gasteiger partial charge in [0.15, 0.2) is 0 Å². The number of carbonyl (C=O) groups excluding carboxylic acids is 1. The Balaban J connectivity index is 2.22. The number of thiophene rings is 1. The van der Waals surface area contributed by atoms with Crippen molar-refractivity contribution in [2.75, 3.05) is 5.32 Å². The Morgan fingerprint density at radius 2 is 2.10 bits per heavy atom. The SMILES string of the molecule is Cc1ccc(NC(=O)C(N)c2cccs2)c(C(=O)O)c1. The number of carbonyl (C=O) groups is 2. The fourth-order valence-corrected chi connectivity index (χ4v) is 2.48. The summed E-state index contributed by atoms with van der Waals surface area (Å²) in [6.07, 6.45) is 0. The highest BCUT2D eigenvalue weighted by Crippen LogP contribution is 2.21. The smallest absolute Gasteiger partial charge is 0.337 e. The van der Waals surface area contributed by atoms with E-state index in [1.165, 1.54) is 17.4 Å². The van der Waals surface area contributed by atoms with E-state index in [2.05, 4.69) is 5.32 Å². The second-order valence-electron chi connectivity index (χ2n) is 4.34. The normalized spacial score (nSPS) is 11.9. The lowest BCUT2D eigenvalue weighted by Gasteiger charge is -2.13. The van der Waals surface area contributed by atoms with E-state index in [-0.39, 0.29) is 11.3 Å². The highest BCUT2D eigenvalue weighted by atomic mass is 32.1. The number of benzene rings is 1. The lowest BCUT2D eigenvalue weighted by molar-refractivity contribution is -0.117. The summed E-state index contributed by atoms with van der Waals surface area (Å²) >= 11 is 1.38. The van der Waals surface area contributed by atoms with Crippen molar-refractivity contribution in [1.82, 2.24) is 0 Å². The first-order valence-electron chi connectivity index (χ1n) is 5.93. The van der Waals surface area contributed by atoms with E-state index in [4.69, 9.17) is 10.8 Å². The molecule has 0 spiro atoms. The number of nitrogens with one attached hydrogen (secondary N) is 1. The van der Waals surface area contributed by atoms with Crippen LogP contribution in [-0.4, -0.2) is 17.0 Å². The maximum Gasteiger partial charge on any atom is 0.337 e. The Morgan fingerprint density at radius 1 is 1.35 bits per heavy atom. The predicted octanol–water partition coefficient (Wildman–Crippen LogP) is 2.39. The van der Waals surface area contributed by atoms with E-state index in [0.29, 0.717) is 0 Å². The average Bonchev–Trinajstić information content (AvgIpc) is 2.93. The fraction of sp³-hybridized carbons (Fsp3) is 0.143. The molecule has 1 heterocycles. The molecule has 1 atom stereocenters. The molecular weight excluding hydrogens is 276 g/mol. The van der Waals surface area contributed by atoms with Crippen molar-refractivity contribution in [3.63, 3.8) is 0 Å². The summed E-state index contributed by atoms with van der Waals surface area (Å²) in [6.45, 7) is 1.79. The molecule has 0 fully saturated rings. The first-order valence-corrected chi connectivity index (χ1v) is 6.81. The van der Waals surface area contributed by atoms with Crippen molar-refractivity contribution in [2.24, 2.45) is 5.73 Å². The van der Waals surface area contributed by atoms with E-state index >= 15 is 0 Å². The topological polar surface area (TPSA) is 92.4 Å². The number of rotatable bonds is 4. The molecule has 1 unspecified atom stereocenters. The minimum atomic E-state index is -1.09. The van der Waals surface area contributed by atoms with Gasteiger partial charge in [-0.25, -0.2) is 4.79 Å². The molecule has 0 aliphatic heterocycles. The van der Waals surface area contributed by atoms with Gasteiger partial charge in [-0.05, 0) is 30.5 Å². The molecule has 1 aromatic carbocycles. The van der Waals surface area contributed by atoms with Crippen molar-refractivity contribution in [3.05, 3.63) is 51.7 Å². The number of aryl methyl sites for hydroxylation is 1. The van der Waals surface area contributed by atoms with Crippen LogP contribution in [0.4, 0.5) is 5.69 Å².